The molecule has 2 aromatic carbocycles. The lowest BCUT2D eigenvalue weighted by molar-refractivity contribution is -0.132. The van der Waals surface area contributed by atoms with Gasteiger partial charge in [0.15, 0.2) is 0 Å². The molecule has 3 nitrogen and oxygen atoms in total. The monoisotopic (exact) mass is 379 g/mol. The summed E-state index contributed by atoms with van der Waals surface area (Å²) >= 11 is 3.19. The summed E-state index contributed by atoms with van der Waals surface area (Å²) in [5, 5.41) is 10.6. The molecule has 0 saturated carbocycles. The van der Waals surface area contributed by atoms with Gasteiger partial charge in [-0.2, -0.15) is 0 Å². The van der Waals surface area contributed by atoms with Crippen molar-refractivity contribution in [2.75, 3.05) is 11.9 Å². The smallest absolute Gasteiger partial charge is 0.233 e. The van der Waals surface area contributed by atoms with Crippen molar-refractivity contribution >= 4 is 21.8 Å². The molecular formula is C18H19BrFNO2. The van der Waals surface area contributed by atoms with E-state index in [1.165, 1.54) is 24.3 Å². The van der Waals surface area contributed by atoms with Crippen LogP contribution in [0.5, 0.6) is 0 Å². The molecule has 0 bridgehead atoms. The van der Waals surface area contributed by atoms with Gasteiger partial charge in [0.1, 0.15) is 5.82 Å². The van der Waals surface area contributed by atoms with Crippen molar-refractivity contribution in [3.05, 3.63) is 71.5 Å². The maximum atomic E-state index is 13.0. The van der Waals surface area contributed by atoms with E-state index in [2.05, 4.69) is 15.9 Å². The molecule has 0 aliphatic heterocycles. The molecule has 2 rings (SSSR count). The highest BCUT2D eigenvalue weighted by atomic mass is 79.9. The van der Waals surface area contributed by atoms with Crippen LogP contribution in [-0.4, -0.2) is 27.8 Å². The zero-order valence-corrected chi connectivity index (χ0v) is 14.4. The molecule has 0 heterocycles. The fourth-order valence-electron chi connectivity index (χ4n) is 2.44. The third-order valence-corrected chi connectivity index (χ3v) is 4.29. The molecular weight excluding hydrogens is 361 g/mol. The van der Waals surface area contributed by atoms with E-state index < -0.39 is 6.10 Å². The first-order chi connectivity index (χ1) is 11.0. The fourth-order valence-corrected chi connectivity index (χ4v) is 2.76. The number of carbonyl (C=O) groups is 1. The van der Waals surface area contributed by atoms with Crippen molar-refractivity contribution in [1.29, 1.82) is 0 Å². The molecule has 122 valence electrons. The van der Waals surface area contributed by atoms with Crippen LogP contribution in [0.25, 0.3) is 0 Å². The van der Waals surface area contributed by atoms with Crippen LogP contribution in [0, 0.1) is 5.82 Å². The van der Waals surface area contributed by atoms with Crippen molar-refractivity contribution in [2.45, 2.75) is 19.1 Å². The van der Waals surface area contributed by atoms with E-state index in [4.69, 9.17) is 0 Å². The first-order valence-corrected chi connectivity index (χ1v) is 8.49. The molecule has 2 aromatic rings. The van der Waals surface area contributed by atoms with Gasteiger partial charge in [-0.3, -0.25) is 4.79 Å². The number of amides is 1. The normalized spacial score (nSPS) is 13.4. The molecule has 2 atom stereocenters. The number of aliphatic hydroxyl groups excluding tert-OH is 1. The second-order valence-electron chi connectivity index (χ2n) is 5.33. The molecule has 5 heteroatoms. The summed E-state index contributed by atoms with van der Waals surface area (Å²) in [6.07, 6.45) is -0.871. The Labute approximate surface area is 143 Å². The summed E-state index contributed by atoms with van der Waals surface area (Å²) in [5.41, 5.74) is 1.58. The van der Waals surface area contributed by atoms with E-state index in [1.807, 2.05) is 37.3 Å². The Bertz CT molecular complexity index is 633. The van der Waals surface area contributed by atoms with Crippen LogP contribution in [0.4, 0.5) is 4.39 Å². The Balaban J connectivity index is 2.18. The lowest BCUT2D eigenvalue weighted by atomic mass is 10.0. The predicted molar refractivity (Wildman–Crippen MR) is 91.7 cm³/mol. The maximum Gasteiger partial charge on any atom is 0.233 e. The molecule has 1 N–H and O–H groups in total. The van der Waals surface area contributed by atoms with Gasteiger partial charge in [0.25, 0.3) is 0 Å². The Hall–Kier alpha value is -1.72. The maximum absolute atomic E-state index is 13.0. The van der Waals surface area contributed by atoms with Crippen molar-refractivity contribution < 1.29 is 14.3 Å². The van der Waals surface area contributed by atoms with E-state index in [1.54, 1.807) is 4.90 Å². The average Bonchev–Trinajstić information content (AvgIpc) is 2.59. The molecule has 0 radical (unpaired) electrons. The van der Waals surface area contributed by atoms with Crippen LogP contribution >= 0.6 is 15.9 Å². The van der Waals surface area contributed by atoms with Gasteiger partial charge in [0.05, 0.1) is 24.0 Å². The number of carbonyl (C=O) groups excluding carboxylic acids is 1. The number of hydrogen-bond donors (Lipinski definition) is 1. The molecule has 0 aliphatic rings. The standard InChI is InChI=1S/C18H19BrFNO2/c1-13(14-5-3-2-4-6-14)21(18(23)11-19)12-17(22)15-7-9-16(20)10-8-15/h2-10,13,17,22H,11-12H2,1H3/t13-,17+/m1/s1. The third kappa shape index (κ3) is 4.62. The van der Waals surface area contributed by atoms with Crippen LogP contribution in [-0.2, 0) is 4.79 Å². The zero-order valence-electron chi connectivity index (χ0n) is 12.8. The van der Waals surface area contributed by atoms with Gasteiger partial charge in [-0.05, 0) is 30.2 Å². The van der Waals surface area contributed by atoms with Gasteiger partial charge in [0.2, 0.25) is 5.91 Å². The average molecular weight is 380 g/mol. The number of rotatable bonds is 6. The second kappa shape index (κ2) is 8.22. The molecule has 0 saturated heterocycles. The molecule has 0 aromatic heterocycles. The first kappa shape index (κ1) is 17.6. The first-order valence-electron chi connectivity index (χ1n) is 7.37. The SMILES string of the molecule is C[C@H](c1ccccc1)N(C[C@H](O)c1ccc(F)cc1)C(=O)CBr. The number of benzene rings is 2. The molecule has 0 aliphatic carbocycles. The van der Waals surface area contributed by atoms with Gasteiger partial charge in [-0.1, -0.05) is 58.4 Å². The quantitative estimate of drug-likeness (QED) is 0.774. The van der Waals surface area contributed by atoms with Gasteiger partial charge in [-0.25, -0.2) is 4.39 Å². The lowest BCUT2D eigenvalue weighted by Gasteiger charge is -2.31. The summed E-state index contributed by atoms with van der Waals surface area (Å²) in [6.45, 7) is 2.07. The summed E-state index contributed by atoms with van der Waals surface area (Å²) < 4.78 is 13.0. The third-order valence-electron chi connectivity index (χ3n) is 3.81. The number of nitrogens with zero attached hydrogens (tertiary/aromatic N) is 1. The summed E-state index contributed by atoms with van der Waals surface area (Å²) in [6, 6.07) is 15.1. The lowest BCUT2D eigenvalue weighted by Crippen LogP contribution is -2.37. The minimum absolute atomic E-state index is 0.109. The summed E-state index contributed by atoms with van der Waals surface area (Å²) in [7, 11) is 0. The van der Waals surface area contributed by atoms with Crippen LogP contribution in [0.3, 0.4) is 0 Å². The molecule has 1 amide bonds. The van der Waals surface area contributed by atoms with E-state index in [-0.39, 0.29) is 29.6 Å². The zero-order chi connectivity index (χ0) is 16.8. The Kier molecular flexibility index (Phi) is 6.30. The number of hydrogen-bond acceptors (Lipinski definition) is 2. The Morgan fingerprint density at radius 3 is 2.30 bits per heavy atom. The highest BCUT2D eigenvalue weighted by molar-refractivity contribution is 9.09. The largest absolute Gasteiger partial charge is 0.387 e. The molecule has 0 unspecified atom stereocenters. The van der Waals surface area contributed by atoms with Crippen molar-refractivity contribution in [2.24, 2.45) is 0 Å². The number of aliphatic hydroxyl groups is 1. The highest BCUT2D eigenvalue weighted by Crippen LogP contribution is 2.24. The van der Waals surface area contributed by atoms with Crippen LogP contribution in [0.2, 0.25) is 0 Å². The van der Waals surface area contributed by atoms with Crippen molar-refractivity contribution in [1.82, 2.24) is 4.90 Å². The second-order valence-corrected chi connectivity index (χ2v) is 5.89. The van der Waals surface area contributed by atoms with Crippen molar-refractivity contribution in [3.63, 3.8) is 0 Å². The van der Waals surface area contributed by atoms with Gasteiger partial charge in [0, 0.05) is 0 Å². The van der Waals surface area contributed by atoms with E-state index in [9.17, 15) is 14.3 Å². The van der Waals surface area contributed by atoms with Gasteiger partial charge >= 0.3 is 0 Å². The minimum Gasteiger partial charge on any atom is -0.387 e. The Morgan fingerprint density at radius 2 is 1.74 bits per heavy atom. The molecule has 0 fully saturated rings. The predicted octanol–water partition coefficient (Wildman–Crippen LogP) is 3.84. The van der Waals surface area contributed by atoms with Crippen molar-refractivity contribution in [3.8, 4) is 0 Å². The minimum atomic E-state index is -0.871. The van der Waals surface area contributed by atoms with Crippen LogP contribution < -0.4 is 0 Å². The number of halogens is 2. The van der Waals surface area contributed by atoms with E-state index >= 15 is 0 Å². The van der Waals surface area contributed by atoms with Gasteiger partial charge in [-0.15, -0.1) is 0 Å². The molecule has 0 spiro atoms. The summed E-state index contributed by atoms with van der Waals surface area (Å²) in [4.78, 5) is 13.9. The Morgan fingerprint density at radius 1 is 1.13 bits per heavy atom. The van der Waals surface area contributed by atoms with Crippen LogP contribution in [0.15, 0.2) is 54.6 Å². The number of alkyl halides is 1. The van der Waals surface area contributed by atoms with E-state index in [0.29, 0.717) is 5.56 Å². The van der Waals surface area contributed by atoms with E-state index in [0.717, 1.165) is 5.56 Å². The fraction of sp³-hybridized carbons (Fsp3) is 0.278. The molecule has 23 heavy (non-hydrogen) atoms. The topological polar surface area (TPSA) is 40.5 Å². The highest BCUT2D eigenvalue weighted by Gasteiger charge is 2.24. The summed E-state index contributed by atoms with van der Waals surface area (Å²) in [5.74, 6) is -0.463. The van der Waals surface area contributed by atoms with Crippen LogP contribution in [0.1, 0.15) is 30.2 Å². The van der Waals surface area contributed by atoms with Gasteiger partial charge < -0.3 is 10.0 Å².